The number of carbonyl (C=O) groups is 2. The maximum Gasteiger partial charge on any atom is 0.313 e. The summed E-state index contributed by atoms with van der Waals surface area (Å²) >= 11 is 0. The smallest absolute Gasteiger partial charge is 0.313 e. The van der Waals surface area contributed by atoms with Crippen molar-refractivity contribution in [2.75, 3.05) is 6.61 Å². The first-order valence-electron chi connectivity index (χ1n) is 9.13. The number of fused-ring (bicyclic) bond motifs is 12. The van der Waals surface area contributed by atoms with Gasteiger partial charge in [0.05, 0.1) is 18.4 Å². The van der Waals surface area contributed by atoms with Gasteiger partial charge in [0.2, 0.25) is 0 Å². The molecule has 4 fully saturated rings. The molecular formula is C19H24O4. The Morgan fingerprint density at radius 2 is 2.04 bits per heavy atom. The van der Waals surface area contributed by atoms with Crippen molar-refractivity contribution in [3.8, 4) is 0 Å². The minimum absolute atomic E-state index is 0.0536. The summed E-state index contributed by atoms with van der Waals surface area (Å²) in [5.74, 6) is 5.01. The zero-order valence-corrected chi connectivity index (χ0v) is 13.7. The van der Waals surface area contributed by atoms with Gasteiger partial charge in [0.25, 0.3) is 0 Å². The summed E-state index contributed by atoms with van der Waals surface area (Å²) in [6, 6.07) is 0. The Kier molecular flexibility index (Phi) is 2.82. The van der Waals surface area contributed by atoms with Crippen molar-refractivity contribution in [1.82, 2.24) is 0 Å². The van der Waals surface area contributed by atoms with Crippen molar-refractivity contribution in [3.63, 3.8) is 0 Å². The van der Waals surface area contributed by atoms with E-state index in [1.54, 1.807) is 0 Å². The Morgan fingerprint density at radius 1 is 1.22 bits per heavy atom. The van der Waals surface area contributed by atoms with Gasteiger partial charge in [-0.2, -0.15) is 0 Å². The van der Waals surface area contributed by atoms with Crippen LogP contribution in [-0.4, -0.2) is 18.5 Å². The van der Waals surface area contributed by atoms with Crippen molar-refractivity contribution in [1.29, 1.82) is 0 Å². The number of carbonyl (C=O) groups excluding carboxylic acids is 2. The van der Waals surface area contributed by atoms with E-state index in [0.29, 0.717) is 48.0 Å². The summed E-state index contributed by atoms with van der Waals surface area (Å²) in [5.41, 5.74) is 0. The topological polar surface area (TPSA) is 52.6 Å². The van der Waals surface area contributed by atoms with E-state index in [9.17, 15) is 9.59 Å². The largest absolute Gasteiger partial charge is 0.465 e. The lowest BCUT2D eigenvalue weighted by molar-refractivity contribution is -0.144. The molecule has 0 aromatic carbocycles. The summed E-state index contributed by atoms with van der Waals surface area (Å²) in [6.45, 7) is 4.40. The van der Waals surface area contributed by atoms with Crippen LogP contribution in [0.1, 0.15) is 33.1 Å². The number of hydrogen-bond acceptors (Lipinski definition) is 4. The second kappa shape index (κ2) is 4.61. The molecule has 4 nitrogen and oxygen atoms in total. The molecule has 0 N–H and O–H groups in total. The van der Waals surface area contributed by atoms with Gasteiger partial charge >= 0.3 is 11.9 Å². The molecule has 4 heteroatoms. The van der Waals surface area contributed by atoms with Crippen molar-refractivity contribution in [3.05, 3.63) is 11.8 Å². The average Bonchev–Trinajstić information content (AvgIpc) is 3.21. The summed E-state index contributed by atoms with van der Waals surface area (Å²) in [6.07, 6.45) is 5.57. The van der Waals surface area contributed by atoms with Crippen molar-refractivity contribution in [2.45, 2.75) is 33.1 Å². The zero-order chi connectivity index (χ0) is 15.9. The quantitative estimate of drug-likeness (QED) is 0.581. The van der Waals surface area contributed by atoms with Crippen LogP contribution in [0.3, 0.4) is 0 Å². The van der Waals surface area contributed by atoms with Crippen LogP contribution in [0, 0.1) is 53.3 Å². The Morgan fingerprint density at radius 3 is 2.83 bits per heavy atom. The van der Waals surface area contributed by atoms with Crippen LogP contribution in [0.25, 0.3) is 0 Å². The SMILES string of the molecule is CC(C)C(=O)OC1=CC2CC(C1)C1C3CC(C4C(=O)OCC34)C21. The number of rotatable bonds is 2. The third-order valence-corrected chi connectivity index (χ3v) is 7.32. The van der Waals surface area contributed by atoms with Gasteiger partial charge in [0.1, 0.15) is 5.76 Å². The van der Waals surface area contributed by atoms with Gasteiger partial charge in [0, 0.05) is 12.3 Å². The van der Waals surface area contributed by atoms with E-state index in [1.165, 1.54) is 12.8 Å². The fourth-order valence-electron chi connectivity index (χ4n) is 6.70. The number of allylic oxidation sites excluding steroid dienone is 2. The van der Waals surface area contributed by atoms with E-state index in [4.69, 9.17) is 9.47 Å². The molecule has 0 aromatic heterocycles. The minimum atomic E-state index is -0.119. The molecule has 0 radical (unpaired) electrons. The van der Waals surface area contributed by atoms with Crippen molar-refractivity contribution < 1.29 is 19.1 Å². The molecule has 1 heterocycles. The van der Waals surface area contributed by atoms with E-state index in [2.05, 4.69) is 6.08 Å². The summed E-state index contributed by atoms with van der Waals surface area (Å²) in [7, 11) is 0. The first kappa shape index (κ1) is 14.1. The minimum Gasteiger partial charge on any atom is -0.465 e. The molecule has 1 saturated heterocycles. The third kappa shape index (κ3) is 1.78. The van der Waals surface area contributed by atoms with Gasteiger partial charge < -0.3 is 9.47 Å². The lowest BCUT2D eigenvalue weighted by Gasteiger charge is -2.34. The summed E-state index contributed by atoms with van der Waals surface area (Å²) in [5, 5.41) is 0. The van der Waals surface area contributed by atoms with Crippen LogP contribution >= 0.6 is 0 Å². The second-order valence-corrected chi connectivity index (χ2v) is 8.61. The van der Waals surface area contributed by atoms with E-state index in [1.807, 2.05) is 13.8 Å². The second-order valence-electron chi connectivity index (χ2n) is 8.61. The molecule has 8 unspecified atom stereocenters. The Bertz CT molecular complexity index is 606. The van der Waals surface area contributed by atoms with E-state index in [-0.39, 0.29) is 23.8 Å². The first-order valence-corrected chi connectivity index (χ1v) is 9.13. The molecule has 124 valence electrons. The van der Waals surface area contributed by atoms with Crippen LogP contribution in [0.15, 0.2) is 11.8 Å². The van der Waals surface area contributed by atoms with Crippen LogP contribution in [0.5, 0.6) is 0 Å². The highest BCUT2D eigenvalue weighted by atomic mass is 16.5. The highest BCUT2D eigenvalue weighted by molar-refractivity contribution is 5.76. The molecule has 0 amide bonds. The molecule has 0 aromatic rings. The van der Waals surface area contributed by atoms with E-state index in [0.717, 1.165) is 12.2 Å². The molecule has 4 bridgehead atoms. The Labute approximate surface area is 136 Å². The normalized spacial score (nSPS) is 49.0. The van der Waals surface area contributed by atoms with E-state index >= 15 is 0 Å². The standard InChI is InChI=1S/C19H24O4/c1-8(2)18(20)23-11-4-9-3-10(5-11)16-13-6-12(15(9)16)14-7-22-19(21)17(13)14/h5,8-10,12-17H,3-4,6-7H2,1-2H3. The van der Waals surface area contributed by atoms with Gasteiger partial charge in [0.15, 0.2) is 0 Å². The maximum absolute atomic E-state index is 12.1. The number of hydrogen-bond donors (Lipinski definition) is 0. The number of cyclic esters (lactones) is 1. The molecule has 0 spiro atoms. The molecule has 5 aliphatic rings. The monoisotopic (exact) mass is 316 g/mol. The number of esters is 2. The predicted molar refractivity (Wildman–Crippen MR) is 81.7 cm³/mol. The average molecular weight is 316 g/mol. The Balaban J connectivity index is 1.41. The highest BCUT2D eigenvalue weighted by Crippen LogP contribution is 2.69. The summed E-state index contributed by atoms with van der Waals surface area (Å²) in [4.78, 5) is 24.0. The van der Waals surface area contributed by atoms with Gasteiger partial charge in [-0.25, -0.2) is 0 Å². The first-order chi connectivity index (χ1) is 11.0. The highest BCUT2D eigenvalue weighted by Gasteiger charge is 2.68. The fraction of sp³-hybridized carbons (Fsp3) is 0.789. The van der Waals surface area contributed by atoms with E-state index < -0.39 is 0 Å². The van der Waals surface area contributed by atoms with Crippen molar-refractivity contribution >= 4 is 11.9 Å². The molecule has 3 saturated carbocycles. The van der Waals surface area contributed by atoms with Crippen molar-refractivity contribution in [2.24, 2.45) is 53.3 Å². The fourth-order valence-corrected chi connectivity index (χ4v) is 6.70. The van der Waals surface area contributed by atoms with Crippen LogP contribution in [-0.2, 0) is 19.1 Å². The van der Waals surface area contributed by atoms with Gasteiger partial charge in [-0.15, -0.1) is 0 Å². The Hall–Kier alpha value is -1.32. The molecule has 4 aliphatic carbocycles. The molecule has 5 rings (SSSR count). The predicted octanol–water partition coefficient (Wildman–Crippen LogP) is 2.78. The van der Waals surface area contributed by atoms with Crippen LogP contribution < -0.4 is 0 Å². The lowest BCUT2D eigenvalue weighted by atomic mass is 9.67. The lowest BCUT2D eigenvalue weighted by Crippen LogP contribution is -2.36. The molecule has 1 aliphatic heterocycles. The summed E-state index contributed by atoms with van der Waals surface area (Å²) < 4.78 is 11.0. The van der Waals surface area contributed by atoms with Crippen LogP contribution in [0.4, 0.5) is 0 Å². The maximum atomic E-state index is 12.1. The molecular weight excluding hydrogens is 292 g/mol. The number of ether oxygens (including phenoxy) is 2. The van der Waals surface area contributed by atoms with Crippen LogP contribution in [0.2, 0.25) is 0 Å². The van der Waals surface area contributed by atoms with Gasteiger partial charge in [-0.1, -0.05) is 13.8 Å². The zero-order valence-electron chi connectivity index (χ0n) is 13.7. The van der Waals surface area contributed by atoms with Gasteiger partial charge in [-0.3, -0.25) is 9.59 Å². The molecule has 23 heavy (non-hydrogen) atoms. The molecule has 8 atom stereocenters. The van der Waals surface area contributed by atoms with Gasteiger partial charge in [-0.05, 0) is 54.4 Å². The third-order valence-electron chi connectivity index (χ3n) is 7.32.